The lowest BCUT2D eigenvalue weighted by Crippen LogP contribution is -2.27. The Hall–Kier alpha value is -4.20. The fourth-order valence-electron chi connectivity index (χ4n) is 9.90. The summed E-state index contributed by atoms with van der Waals surface area (Å²) in [6.07, 6.45) is 19.8. The van der Waals surface area contributed by atoms with Crippen molar-refractivity contribution in [1.29, 1.82) is 0 Å². The van der Waals surface area contributed by atoms with Crippen molar-refractivity contribution < 1.29 is 38.0 Å². The normalized spacial score (nSPS) is 14.8. The molecule has 0 bridgehead atoms. The number of fused-ring (bicyclic) bond motifs is 4. The molecule has 0 heterocycles. The number of rotatable bonds is 28. The highest BCUT2D eigenvalue weighted by Crippen LogP contribution is 2.65. The average Bonchev–Trinajstić information content (AvgIpc) is 3.65. The van der Waals surface area contributed by atoms with E-state index in [1.54, 1.807) is 18.2 Å². The van der Waals surface area contributed by atoms with Gasteiger partial charge in [-0.1, -0.05) is 133 Å². The Kier molecular flexibility index (Phi) is 22.2. The van der Waals surface area contributed by atoms with E-state index in [2.05, 4.69) is 93.5 Å². The molecule has 368 valence electrons. The highest BCUT2D eigenvalue weighted by Gasteiger charge is 2.57. The summed E-state index contributed by atoms with van der Waals surface area (Å²) in [6.45, 7) is 28.0. The Balaban J connectivity index is 0.000000299. The SMILES string of the molecule is CCCCCCCCOC(=O)c1cc(C)cc(C(=O)OCCCCCCCC)c1.CCCOc1cc2c(cc1OCCC)C1(CC2(C)C)CC(C)(C)c2cc(OCCC)c(OCCC)cc21. The van der Waals surface area contributed by atoms with Gasteiger partial charge in [0.2, 0.25) is 0 Å². The molecule has 1 spiro atoms. The van der Waals surface area contributed by atoms with Gasteiger partial charge in [0.05, 0.1) is 50.8 Å². The molecule has 3 aromatic carbocycles. The van der Waals surface area contributed by atoms with Gasteiger partial charge >= 0.3 is 11.9 Å². The van der Waals surface area contributed by atoms with Crippen molar-refractivity contribution in [3.8, 4) is 23.0 Å². The third-order valence-electron chi connectivity index (χ3n) is 13.0. The molecule has 8 heteroatoms. The van der Waals surface area contributed by atoms with E-state index in [0.29, 0.717) is 50.8 Å². The average molecular weight is 913 g/mol. The van der Waals surface area contributed by atoms with E-state index in [0.717, 1.165) is 92.8 Å². The van der Waals surface area contributed by atoms with Gasteiger partial charge in [0.1, 0.15) is 0 Å². The number of benzene rings is 3. The molecule has 5 rings (SSSR count). The van der Waals surface area contributed by atoms with Crippen LogP contribution in [0.4, 0.5) is 0 Å². The smallest absolute Gasteiger partial charge is 0.338 e. The number of aryl methyl sites for hydroxylation is 1. The maximum Gasteiger partial charge on any atom is 0.338 e. The number of ether oxygens (including phenoxy) is 6. The number of hydrogen-bond donors (Lipinski definition) is 0. The number of unbranched alkanes of at least 4 members (excludes halogenated alkanes) is 10. The minimum Gasteiger partial charge on any atom is -0.490 e. The molecule has 0 aromatic heterocycles. The van der Waals surface area contributed by atoms with Crippen LogP contribution < -0.4 is 18.9 Å². The van der Waals surface area contributed by atoms with Gasteiger partial charge < -0.3 is 28.4 Å². The van der Waals surface area contributed by atoms with Gasteiger partial charge in [-0.3, -0.25) is 0 Å². The summed E-state index contributed by atoms with van der Waals surface area (Å²) in [7, 11) is 0. The molecule has 0 fully saturated rings. The summed E-state index contributed by atoms with van der Waals surface area (Å²) in [5.41, 5.74) is 7.17. The van der Waals surface area contributed by atoms with Gasteiger partial charge in [0.25, 0.3) is 0 Å². The first-order chi connectivity index (χ1) is 31.7. The van der Waals surface area contributed by atoms with Crippen molar-refractivity contribution >= 4 is 11.9 Å². The van der Waals surface area contributed by atoms with Crippen molar-refractivity contribution in [2.75, 3.05) is 39.6 Å². The van der Waals surface area contributed by atoms with Crippen LogP contribution >= 0.6 is 0 Å². The summed E-state index contributed by atoms with van der Waals surface area (Å²) in [6, 6.07) is 14.3. The van der Waals surface area contributed by atoms with Gasteiger partial charge in [0.15, 0.2) is 23.0 Å². The van der Waals surface area contributed by atoms with E-state index in [1.807, 2.05) is 6.92 Å². The second-order valence-corrected chi connectivity index (χ2v) is 20.2. The van der Waals surface area contributed by atoms with Crippen LogP contribution in [0.2, 0.25) is 0 Å². The molecule has 0 saturated carbocycles. The molecular formula is C58H88O8. The lowest BCUT2D eigenvalue weighted by molar-refractivity contribution is 0.0495. The van der Waals surface area contributed by atoms with Gasteiger partial charge in [0, 0.05) is 5.41 Å². The van der Waals surface area contributed by atoms with Crippen LogP contribution in [0.1, 0.15) is 233 Å². The monoisotopic (exact) mass is 913 g/mol. The molecule has 0 unspecified atom stereocenters. The van der Waals surface area contributed by atoms with Crippen molar-refractivity contribution in [2.24, 2.45) is 0 Å². The number of carbonyl (C=O) groups excluding carboxylic acids is 2. The molecule has 0 radical (unpaired) electrons. The van der Waals surface area contributed by atoms with Crippen molar-refractivity contribution in [1.82, 2.24) is 0 Å². The maximum atomic E-state index is 12.3. The molecular weight excluding hydrogens is 825 g/mol. The molecule has 0 aliphatic heterocycles. The molecule has 8 nitrogen and oxygen atoms in total. The van der Waals surface area contributed by atoms with Crippen LogP contribution in [0.3, 0.4) is 0 Å². The predicted octanol–water partition coefficient (Wildman–Crippen LogP) is 15.5. The maximum absolute atomic E-state index is 12.3. The van der Waals surface area contributed by atoms with Gasteiger partial charge in [-0.05, 0) is 139 Å². The van der Waals surface area contributed by atoms with Crippen LogP contribution in [-0.2, 0) is 25.7 Å². The number of esters is 2. The first-order valence-electron chi connectivity index (χ1n) is 26.1. The van der Waals surface area contributed by atoms with Crippen LogP contribution in [0, 0.1) is 6.92 Å². The van der Waals surface area contributed by atoms with E-state index in [4.69, 9.17) is 28.4 Å². The van der Waals surface area contributed by atoms with Crippen LogP contribution in [0.25, 0.3) is 0 Å². The molecule has 2 aliphatic rings. The van der Waals surface area contributed by atoms with Crippen LogP contribution in [0.15, 0.2) is 42.5 Å². The Bertz CT molecular complexity index is 1820. The first-order valence-corrected chi connectivity index (χ1v) is 26.1. The predicted molar refractivity (Wildman–Crippen MR) is 271 cm³/mol. The van der Waals surface area contributed by atoms with E-state index in [1.165, 1.54) is 73.6 Å². The minimum absolute atomic E-state index is 0.0163. The van der Waals surface area contributed by atoms with Crippen LogP contribution in [0.5, 0.6) is 23.0 Å². The second-order valence-electron chi connectivity index (χ2n) is 20.2. The Labute approximate surface area is 400 Å². The zero-order chi connectivity index (χ0) is 48.2. The quantitative estimate of drug-likeness (QED) is 0.0526. The molecule has 0 N–H and O–H groups in total. The van der Waals surface area contributed by atoms with E-state index in [9.17, 15) is 9.59 Å². The molecule has 2 aliphatic carbocycles. The van der Waals surface area contributed by atoms with Gasteiger partial charge in [-0.2, -0.15) is 0 Å². The third-order valence-corrected chi connectivity index (χ3v) is 13.0. The lowest BCUT2D eigenvalue weighted by Gasteiger charge is -2.31. The summed E-state index contributed by atoms with van der Waals surface area (Å²) < 4.78 is 35.8. The zero-order valence-corrected chi connectivity index (χ0v) is 43.3. The summed E-state index contributed by atoms with van der Waals surface area (Å²) in [5.74, 6) is 2.78. The van der Waals surface area contributed by atoms with Crippen molar-refractivity contribution in [3.63, 3.8) is 0 Å². The Morgan fingerprint density at radius 3 is 1.06 bits per heavy atom. The second kappa shape index (κ2) is 27.0. The van der Waals surface area contributed by atoms with E-state index < -0.39 is 0 Å². The topological polar surface area (TPSA) is 89.5 Å². The van der Waals surface area contributed by atoms with Gasteiger partial charge in [-0.25, -0.2) is 9.59 Å². The summed E-state index contributed by atoms with van der Waals surface area (Å²) in [4.78, 5) is 24.6. The third kappa shape index (κ3) is 14.9. The Morgan fingerprint density at radius 1 is 0.409 bits per heavy atom. The minimum atomic E-state index is -0.368. The fourth-order valence-corrected chi connectivity index (χ4v) is 9.90. The summed E-state index contributed by atoms with van der Waals surface area (Å²) >= 11 is 0. The standard InChI is InChI=1S/C33H48O4.C25H40O4/c1-9-13-34-27-17-23-25(19-29(27)36-15-11-3)33(21-31(23,5)6)22-32(7,8)24-18-28(35-14-10-2)30(20-26(24)33)37-16-12-4;1-4-6-8-10-12-14-16-28-24(26)22-18-21(3)19-23(20-22)25(27)29-17-15-13-11-9-7-5-2/h17-20H,9-16,21-22H2,1-8H3;18-20H,4-17H2,1-3H3. The first kappa shape index (κ1) is 54.4. The highest BCUT2D eigenvalue weighted by atomic mass is 16.5. The molecule has 0 atom stereocenters. The molecule has 0 amide bonds. The van der Waals surface area contributed by atoms with Crippen molar-refractivity contribution in [3.05, 3.63) is 81.4 Å². The molecule has 3 aromatic rings. The van der Waals surface area contributed by atoms with Crippen LogP contribution in [-0.4, -0.2) is 51.6 Å². The lowest BCUT2D eigenvalue weighted by atomic mass is 9.72. The largest absolute Gasteiger partial charge is 0.490 e. The zero-order valence-electron chi connectivity index (χ0n) is 43.3. The van der Waals surface area contributed by atoms with Gasteiger partial charge in [-0.15, -0.1) is 0 Å². The molecule has 0 saturated heterocycles. The van der Waals surface area contributed by atoms with E-state index in [-0.39, 0.29) is 28.2 Å². The summed E-state index contributed by atoms with van der Waals surface area (Å²) in [5, 5.41) is 0. The number of carbonyl (C=O) groups is 2. The fraction of sp³-hybridized carbons (Fsp3) is 0.655. The highest BCUT2D eigenvalue weighted by molar-refractivity contribution is 5.95. The van der Waals surface area contributed by atoms with E-state index >= 15 is 0 Å². The Morgan fingerprint density at radius 2 is 0.727 bits per heavy atom. The molecule has 66 heavy (non-hydrogen) atoms. The van der Waals surface area contributed by atoms with Crippen molar-refractivity contribution in [2.45, 2.75) is 208 Å². The number of hydrogen-bond acceptors (Lipinski definition) is 8.